The molecule has 24 heavy (non-hydrogen) atoms. The van der Waals surface area contributed by atoms with Crippen molar-refractivity contribution in [2.75, 3.05) is 39.8 Å². The molecule has 0 spiro atoms. The highest BCUT2D eigenvalue weighted by molar-refractivity contribution is 5.87. The normalized spacial score (nSPS) is 14.6. The fraction of sp³-hybridized carbons (Fsp3) is 0.368. The number of nitrogens with zero attached hydrogens (tertiary/aromatic N) is 2. The molecule has 126 valence electrons. The van der Waals surface area contributed by atoms with Gasteiger partial charge in [-0.05, 0) is 16.3 Å². The number of carbonyl (C=O) groups excluding carboxylic acids is 2. The van der Waals surface area contributed by atoms with E-state index < -0.39 is 0 Å². The molecule has 1 saturated heterocycles. The minimum atomic E-state index is -0.0336. The highest BCUT2D eigenvalue weighted by Gasteiger charge is 2.20. The molecule has 0 aliphatic carbocycles. The third-order valence-corrected chi connectivity index (χ3v) is 4.44. The molecule has 1 aliphatic rings. The zero-order valence-corrected chi connectivity index (χ0v) is 14.0. The molecular formula is C19H23N3O2. The number of hydrogen-bond donors (Lipinski definition) is 1. The molecule has 0 aromatic heterocycles. The number of nitrogens with one attached hydrogen (secondary N) is 1. The van der Waals surface area contributed by atoms with Gasteiger partial charge in [-0.25, -0.2) is 0 Å². The van der Waals surface area contributed by atoms with E-state index in [1.54, 1.807) is 7.05 Å². The molecule has 1 heterocycles. The first-order chi connectivity index (χ1) is 11.6. The molecule has 5 nitrogen and oxygen atoms in total. The molecule has 0 radical (unpaired) electrons. The summed E-state index contributed by atoms with van der Waals surface area (Å²) < 4.78 is 0. The highest BCUT2D eigenvalue weighted by Crippen LogP contribution is 2.16. The van der Waals surface area contributed by atoms with E-state index in [-0.39, 0.29) is 18.4 Å². The predicted molar refractivity (Wildman–Crippen MR) is 94.7 cm³/mol. The Kier molecular flexibility index (Phi) is 5.11. The smallest absolute Gasteiger partial charge is 0.242 e. The van der Waals surface area contributed by atoms with E-state index in [0.29, 0.717) is 19.5 Å². The third-order valence-electron chi connectivity index (χ3n) is 4.44. The zero-order chi connectivity index (χ0) is 16.9. The van der Waals surface area contributed by atoms with Gasteiger partial charge in [0.1, 0.15) is 0 Å². The first kappa shape index (κ1) is 16.5. The summed E-state index contributed by atoms with van der Waals surface area (Å²) in [5, 5.41) is 5.51. The van der Waals surface area contributed by atoms with Crippen molar-refractivity contribution in [1.82, 2.24) is 15.1 Å². The van der Waals surface area contributed by atoms with Crippen molar-refractivity contribution >= 4 is 22.6 Å². The van der Waals surface area contributed by atoms with E-state index in [0.717, 1.165) is 29.4 Å². The van der Waals surface area contributed by atoms with Gasteiger partial charge in [0.05, 0.1) is 13.0 Å². The van der Waals surface area contributed by atoms with Gasteiger partial charge in [-0.15, -0.1) is 0 Å². The fourth-order valence-corrected chi connectivity index (χ4v) is 2.96. The Bertz CT molecular complexity index is 738. The van der Waals surface area contributed by atoms with Gasteiger partial charge in [-0.1, -0.05) is 42.5 Å². The van der Waals surface area contributed by atoms with Crippen LogP contribution in [0, 0.1) is 0 Å². The number of fused-ring (bicyclic) bond motifs is 1. The summed E-state index contributed by atoms with van der Waals surface area (Å²) in [6.45, 7) is 3.21. The molecular weight excluding hydrogens is 302 g/mol. The number of hydrogen-bond acceptors (Lipinski definition) is 3. The van der Waals surface area contributed by atoms with Crippen molar-refractivity contribution in [2.45, 2.75) is 6.42 Å². The lowest BCUT2D eigenvalue weighted by molar-refractivity contribution is -0.139. The van der Waals surface area contributed by atoms with Crippen LogP contribution < -0.4 is 5.32 Å². The lowest BCUT2D eigenvalue weighted by Crippen LogP contribution is -2.49. The van der Waals surface area contributed by atoms with Crippen LogP contribution in [0.1, 0.15) is 5.56 Å². The van der Waals surface area contributed by atoms with Crippen LogP contribution in [0.3, 0.4) is 0 Å². The highest BCUT2D eigenvalue weighted by atomic mass is 16.2. The van der Waals surface area contributed by atoms with E-state index in [4.69, 9.17) is 0 Å². The predicted octanol–water partition coefficient (Wildman–Crippen LogP) is 1.27. The Hall–Kier alpha value is -2.40. The van der Waals surface area contributed by atoms with Crippen LogP contribution in [0.2, 0.25) is 0 Å². The molecule has 0 atom stereocenters. The monoisotopic (exact) mass is 325 g/mol. The average Bonchev–Trinajstić information content (AvgIpc) is 2.62. The Labute approximate surface area is 142 Å². The van der Waals surface area contributed by atoms with E-state index in [9.17, 15) is 9.59 Å². The molecule has 5 heteroatoms. The molecule has 2 amide bonds. The van der Waals surface area contributed by atoms with Crippen LogP contribution in [0.4, 0.5) is 0 Å². The number of amides is 2. The van der Waals surface area contributed by atoms with Crippen LogP contribution in [0.25, 0.3) is 10.8 Å². The molecule has 0 unspecified atom stereocenters. The van der Waals surface area contributed by atoms with Crippen molar-refractivity contribution < 1.29 is 9.59 Å². The van der Waals surface area contributed by atoms with Gasteiger partial charge >= 0.3 is 0 Å². The maximum Gasteiger partial charge on any atom is 0.242 e. The van der Waals surface area contributed by atoms with Crippen molar-refractivity contribution in [2.24, 2.45) is 0 Å². The van der Waals surface area contributed by atoms with Crippen LogP contribution in [0.15, 0.2) is 42.5 Å². The van der Waals surface area contributed by atoms with Crippen molar-refractivity contribution in [1.29, 1.82) is 0 Å². The fourth-order valence-electron chi connectivity index (χ4n) is 2.96. The molecule has 1 N–H and O–H groups in total. The quantitative estimate of drug-likeness (QED) is 0.921. The summed E-state index contributed by atoms with van der Waals surface area (Å²) in [5.41, 5.74) is 0.972. The Morgan fingerprint density at radius 3 is 2.54 bits per heavy atom. The summed E-state index contributed by atoms with van der Waals surface area (Å²) in [7, 11) is 1.70. The molecule has 1 aliphatic heterocycles. The summed E-state index contributed by atoms with van der Waals surface area (Å²) in [5.74, 6) is -0.0142. The van der Waals surface area contributed by atoms with Crippen LogP contribution >= 0.6 is 0 Å². The van der Waals surface area contributed by atoms with Crippen molar-refractivity contribution in [3.8, 4) is 0 Å². The van der Waals surface area contributed by atoms with Gasteiger partial charge < -0.3 is 15.1 Å². The molecule has 1 fully saturated rings. The van der Waals surface area contributed by atoms with Gasteiger partial charge in [0.25, 0.3) is 0 Å². The number of likely N-dealkylation sites (N-methyl/N-ethyl adjacent to an activating group) is 1. The van der Waals surface area contributed by atoms with Crippen molar-refractivity contribution in [3.05, 3.63) is 48.0 Å². The van der Waals surface area contributed by atoms with Gasteiger partial charge in [-0.2, -0.15) is 0 Å². The van der Waals surface area contributed by atoms with E-state index in [1.807, 2.05) is 41.3 Å². The van der Waals surface area contributed by atoms with Gasteiger partial charge in [0.15, 0.2) is 0 Å². The van der Waals surface area contributed by atoms with Gasteiger partial charge in [0, 0.05) is 33.2 Å². The summed E-state index contributed by atoms with van der Waals surface area (Å²) in [6, 6.07) is 14.1. The molecule has 2 aromatic rings. The van der Waals surface area contributed by atoms with E-state index >= 15 is 0 Å². The maximum atomic E-state index is 12.4. The maximum absolute atomic E-state index is 12.4. The number of benzene rings is 2. The number of piperazine rings is 1. The second-order valence-electron chi connectivity index (χ2n) is 6.24. The molecule has 0 bridgehead atoms. The average molecular weight is 325 g/mol. The first-order valence-corrected chi connectivity index (χ1v) is 8.33. The van der Waals surface area contributed by atoms with E-state index in [1.165, 1.54) is 4.90 Å². The lowest BCUT2D eigenvalue weighted by atomic mass is 10.0. The summed E-state index contributed by atoms with van der Waals surface area (Å²) >= 11 is 0. The van der Waals surface area contributed by atoms with Crippen LogP contribution in [0.5, 0.6) is 0 Å². The second-order valence-corrected chi connectivity index (χ2v) is 6.24. The number of carbonyl (C=O) groups is 2. The Balaban J connectivity index is 1.59. The minimum absolute atomic E-state index is 0.0193. The largest absolute Gasteiger partial charge is 0.339 e. The lowest BCUT2D eigenvalue weighted by Gasteiger charge is -2.29. The molecule has 3 rings (SSSR count). The third kappa shape index (κ3) is 3.92. The van der Waals surface area contributed by atoms with Gasteiger partial charge in [-0.3, -0.25) is 9.59 Å². The zero-order valence-electron chi connectivity index (χ0n) is 14.0. The van der Waals surface area contributed by atoms with Gasteiger partial charge in [0.2, 0.25) is 11.8 Å². The standard InChI is InChI=1S/C19H23N3O2/c1-21(14-19(24)22-10-8-20-9-11-22)18(23)13-15-6-7-16-4-2-3-5-17(16)12-15/h2-7,12,20H,8-11,13-14H2,1H3. The van der Waals surface area contributed by atoms with Crippen LogP contribution in [-0.4, -0.2) is 61.4 Å². The first-order valence-electron chi connectivity index (χ1n) is 8.33. The minimum Gasteiger partial charge on any atom is -0.339 e. The number of rotatable bonds is 4. The summed E-state index contributed by atoms with van der Waals surface area (Å²) in [6.07, 6.45) is 0.316. The SMILES string of the molecule is CN(CC(=O)N1CCNCC1)C(=O)Cc1ccc2ccccc2c1. The Morgan fingerprint density at radius 1 is 1.08 bits per heavy atom. The summed E-state index contributed by atoms with van der Waals surface area (Å²) in [4.78, 5) is 28.0. The molecule has 2 aromatic carbocycles. The Morgan fingerprint density at radius 2 is 1.79 bits per heavy atom. The van der Waals surface area contributed by atoms with Crippen LogP contribution in [-0.2, 0) is 16.0 Å². The van der Waals surface area contributed by atoms with E-state index in [2.05, 4.69) is 11.4 Å². The van der Waals surface area contributed by atoms with Crippen molar-refractivity contribution in [3.63, 3.8) is 0 Å². The topological polar surface area (TPSA) is 52.7 Å². The second kappa shape index (κ2) is 7.45. The molecule has 0 saturated carbocycles.